The van der Waals surface area contributed by atoms with Crippen molar-refractivity contribution in [3.05, 3.63) is 29.3 Å². The van der Waals surface area contributed by atoms with Crippen LogP contribution in [-0.4, -0.2) is 36.3 Å². The fourth-order valence-corrected chi connectivity index (χ4v) is 2.18. The monoisotopic (exact) mass is 267 g/mol. The zero-order valence-electron chi connectivity index (χ0n) is 9.84. The second kappa shape index (κ2) is 5.87. The Balaban J connectivity index is 1.87. The van der Waals surface area contributed by atoms with Crippen LogP contribution >= 0.6 is 11.6 Å². The maximum atomic E-state index is 11.2. The lowest BCUT2D eigenvalue weighted by molar-refractivity contribution is -0.140. The van der Waals surface area contributed by atoms with Crippen LogP contribution in [0.5, 0.6) is 5.75 Å². The molecule has 1 heterocycles. The summed E-state index contributed by atoms with van der Waals surface area (Å²) < 4.78 is 5.79. The predicted octanol–water partition coefficient (Wildman–Crippen LogP) is 1.91. The normalized spacial score (nSPS) is 16.4. The number of ether oxygens (including phenoxy) is 1. The molecule has 5 heteroatoms. The second-order valence-electron chi connectivity index (χ2n) is 4.22. The molecule has 0 bridgehead atoms. The number of amides is 1. The number of hydrogen-bond acceptors (Lipinski definition) is 3. The quantitative estimate of drug-likeness (QED) is 0.621. The number of carbonyl (C=O) groups excluding carboxylic acids is 2. The Morgan fingerprint density at radius 3 is 2.72 bits per heavy atom. The number of piperidine rings is 1. The van der Waals surface area contributed by atoms with E-state index in [0.29, 0.717) is 24.4 Å². The van der Waals surface area contributed by atoms with Gasteiger partial charge >= 0.3 is 0 Å². The Labute approximate surface area is 110 Å². The molecule has 1 fully saturated rings. The molecule has 1 saturated heterocycles. The van der Waals surface area contributed by atoms with E-state index in [9.17, 15) is 9.59 Å². The van der Waals surface area contributed by atoms with Crippen LogP contribution in [0.25, 0.3) is 0 Å². The highest BCUT2D eigenvalue weighted by Crippen LogP contribution is 2.22. The SMILES string of the molecule is O=CC(=O)N1CCC(Oc2cccc(Cl)c2)CC1. The van der Waals surface area contributed by atoms with Gasteiger partial charge in [0.1, 0.15) is 11.9 Å². The average Bonchev–Trinajstić information content (AvgIpc) is 2.39. The first-order valence-corrected chi connectivity index (χ1v) is 6.23. The molecule has 0 spiro atoms. The largest absolute Gasteiger partial charge is 0.490 e. The van der Waals surface area contributed by atoms with Crippen molar-refractivity contribution < 1.29 is 14.3 Å². The van der Waals surface area contributed by atoms with Crippen molar-refractivity contribution in [3.8, 4) is 5.75 Å². The first kappa shape index (κ1) is 12.9. The Bertz CT molecular complexity index is 442. The van der Waals surface area contributed by atoms with Gasteiger partial charge in [0.05, 0.1) is 0 Å². The molecule has 0 saturated carbocycles. The molecule has 1 amide bonds. The van der Waals surface area contributed by atoms with Crippen molar-refractivity contribution in [2.24, 2.45) is 0 Å². The summed E-state index contributed by atoms with van der Waals surface area (Å²) in [4.78, 5) is 23.1. The Hall–Kier alpha value is -1.55. The molecular formula is C13H14ClNO3. The molecule has 0 aliphatic carbocycles. The van der Waals surface area contributed by atoms with Gasteiger partial charge in [0.25, 0.3) is 5.91 Å². The van der Waals surface area contributed by atoms with Gasteiger partial charge in [-0.05, 0) is 18.2 Å². The van der Waals surface area contributed by atoms with E-state index in [1.165, 1.54) is 0 Å². The van der Waals surface area contributed by atoms with Gasteiger partial charge in [0, 0.05) is 31.0 Å². The summed E-state index contributed by atoms with van der Waals surface area (Å²) in [7, 11) is 0. The average molecular weight is 268 g/mol. The van der Waals surface area contributed by atoms with E-state index in [4.69, 9.17) is 16.3 Å². The van der Waals surface area contributed by atoms with Crippen LogP contribution < -0.4 is 4.74 Å². The number of likely N-dealkylation sites (tertiary alicyclic amines) is 1. The minimum absolute atomic E-state index is 0.0687. The smallest absolute Gasteiger partial charge is 0.286 e. The van der Waals surface area contributed by atoms with Crippen molar-refractivity contribution >= 4 is 23.8 Å². The zero-order chi connectivity index (χ0) is 13.0. The minimum atomic E-state index is -0.448. The highest BCUT2D eigenvalue weighted by atomic mass is 35.5. The Kier molecular flexibility index (Phi) is 4.20. The summed E-state index contributed by atoms with van der Waals surface area (Å²) >= 11 is 5.87. The highest BCUT2D eigenvalue weighted by molar-refractivity contribution is 6.30. The van der Waals surface area contributed by atoms with Gasteiger partial charge in [-0.3, -0.25) is 9.59 Å². The van der Waals surface area contributed by atoms with E-state index in [0.717, 1.165) is 18.6 Å². The van der Waals surface area contributed by atoms with Crippen LogP contribution in [0.1, 0.15) is 12.8 Å². The van der Waals surface area contributed by atoms with Crippen LogP contribution in [0, 0.1) is 0 Å². The Morgan fingerprint density at radius 2 is 2.11 bits per heavy atom. The predicted molar refractivity (Wildman–Crippen MR) is 67.7 cm³/mol. The number of halogens is 1. The molecule has 1 aliphatic heterocycles. The van der Waals surface area contributed by atoms with E-state index in [-0.39, 0.29) is 6.10 Å². The lowest BCUT2D eigenvalue weighted by Gasteiger charge is -2.31. The third-order valence-electron chi connectivity index (χ3n) is 2.95. The third kappa shape index (κ3) is 3.23. The molecule has 2 rings (SSSR count). The standard InChI is InChI=1S/C13H14ClNO3/c14-10-2-1-3-12(8-10)18-11-4-6-15(7-5-11)13(17)9-16/h1-3,8-9,11H,4-7H2. The van der Waals surface area contributed by atoms with Crippen molar-refractivity contribution in [2.45, 2.75) is 18.9 Å². The van der Waals surface area contributed by atoms with Gasteiger partial charge in [-0.25, -0.2) is 0 Å². The van der Waals surface area contributed by atoms with Crippen LogP contribution in [0.4, 0.5) is 0 Å². The molecule has 1 aromatic carbocycles. The van der Waals surface area contributed by atoms with E-state index in [1.54, 1.807) is 17.0 Å². The first-order valence-electron chi connectivity index (χ1n) is 5.85. The van der Waals surface area contributed by atoms with Crippen molar-refractivity contribution in [1.82, 2.24) is 4.90 Å². The Morgan fingerprint density at radius 1 is 1.39 bits per heavy atom. The fraction of sp³-hybridized carbons (Fsp3) is 0.385. The van der Waals surface area contributed by atoms with Crippen LogP contribution in [0.15, 0.2) is 24.3 Å². The van der Waals surface area contributed by atoms with Crippen LogP contribution in [-0.2, 0) is 9.59 Å². The summed E-state index contributed by atoms with van der Waals surface area (Å²) in [5.41, 5.74) is 0. The van der Waals surface area contributed by atoms with Crippen molar-refractivity contribution in [2.75, 3.05) is 13.1 Å². The van der Waals surface area contributed by atoms with Crippen molar-refractivity contribution in [1.29, 1.82) is 0 Å². The molecule has 18 heavy (non-hydrogen) atoms. The maximum Gasteiger partial charge on any atom is 0.286 e. The molecule has 0 radical (unpaired) electrons. The number of aldehydes is 1. The molecule has 96 valence electrons. The molecular weight excluding hydrogens is 254 g/mol. The summed E-state index contributed by atoms with van der Waals surface area (Å²) in [6, 6.07) is 7.25. The molecule has 1 aromatic rings. The second-order valence-corrected chi connectivity index (χ2v) is 4.65. The molecule has 1 aliphatic rings. The molecule has 0 N–H and O–H groups in total. The maximum absolute atomic E-state index is 11.2. The van der Waals surface area contributed by atoms with E-state index >= 15 is 0 Å². The summed E-state index contributed by atoms with van der Waals surface area (Å²) in [5.74, 6) is 0.291. The van der Waals surface area contributed by atoms with E-state index in [1.807, 2.05) is 12.1 Å². The number of carbonyl (C=O) groups is 2. The first-order chi connectivity index (χ1) is 8.69. The number of hydrogen-bond donors (Lipinski definition) is 0. The fourth-order valence-electron chi connectivity index (χ4n) is 2.00. The number of benzene rings is 1. The lowest BCUT2D eigenvalue weighted by Crippen LogP contribution is -2.42. The number of rotatable bonds is 3. The number of nitrogens with zero attached hydrogens (tertiary/aromatic N) is 1. The minimum Gasteiger partial charge on any atom is -0.490 e. The third-order valence-corrected chi connectivity index (χ3v) is 3.19. The van der Waals surface area contributed by atoms with Gasteiger partial charge in [0.15, 0.2) is 0 Å². The van der Waals surface area contributed by atoms with Crippen molar-refractivity contribution in [3.63, 3.8) is 0 Å². The van der Waals surface area contributed by atoms with Gasteiger partial charge < -0.3 is 9.64 Å². The summed E-state index contributed by atoms with van der Waals surface area (Å²) in [6.07, 6.45) is 1.88. The molecule has 0 atom stereocenters. The molecule has 0 unspecified atom stereocenters. The van der Waals surface area contributed by atoms with Gasteiger partial charge in [-0.2, -0.15) is 0 Å². The van der Waals surface area contributed by atoms with E-state index in [2.05, 4.69) is 0 Å². The summed E-state index contributed by atoms with van der Waals surface area (Å²) in [5, 5.41) is 0.640. The highest BCUT2D eigenvalue weighted by Gasteiger charge is 2.23. The summed E-state index contributed by atoms with van der Waals surface area (Å²) in [6.45, 7) is 1.12. The van der Waals surface area contributed by atoms with Gasteiger partial charge in [0.2, 0.25) is 6.29 Å². The molecule has 4 nitrogen and oxygen atoms in total. The van der Waals surface area contributed by atoms with Crippen LogP contribution in [0.2, 0.25) is 5.02 Å². The van der Waals surface area contributed by atoms with Gasteiger partial charge in [-0.15, -0.1) is 0 Å². The van der Waals surface area contributed by atoms with Gasteiger partial charge in [-0.1, -0.05) is 17.7 Å². The zero-order valence-corrected chi connectivity index (χ0v) is 10.6. The molecule has 0 aromatic heterocycles. The lowest BCUT2D eigenvalue weighted by atomic mass is 10.1. The van der Waals surface area contributed by atoms with Crippen LogP contribution in [0.3, 0.4) is 0 Å². The topological polar surface area (TPSA) is 46.6 Å². The van der Waals surface area contributed by atoms with E-state index < -0.39 is 5.91 Å².